The average molecular weight is 264 g/mol. The molecule has 3 N–H and O–H groups in total. The van der Waals surface area contributed by atoms with E-state index >= 15 is 0 Å². The molecule has 2 aromatic rings. The van der Waals surface area contributed by atoms with Gasteiger partial charge in [0.15, 0.2) is 0 Å². The first-order valence-corrected chi connectivity index (χ1v) is 5.50. The molecule has 2 aromatic heterocycles. The number of carbonyl (C=O) groups is 2. The third-order valence-corrected chi connectivity index (χ3v) is 2.54. The van der Waals surface area contributed by atoms with Crippen molar-refractivity contribution >= 4 is 11.9 Å². The number of amides is 1. The van der Waals surface area contributed by atoms with Crippen LogP contribution < -0.4 is 5.32 Å². The Morgan fingerprint density at radius 2 is 2.32 bits per heavy atom. The summed E-state index contributed by atoms with van der Waals surface area (Å²) < 4.78 is 4.77. The number of nitrogens with one attached hydrogen (secondary N) is 2. The number of imidazole rings is 1. The van der Waals surface area contributed by atoms with Gasteiger partial charge in [0, 0.05) is 23.9 Å². The third kappa shape index (κ3) is 2.97. The Labute approximate surface area is 107 Å². The van der Waals surface area contributed by atoms with Crippen molar-refractivity contribution < 1.29 is 19.2 Å². The minimum Gasteiger partial charge on any atom is -0.480 e. The lowest BCUT2D eigenvalue weighted by Crippen LogP contribution is -2.42. The number of carbonyl (C=O) groups excluding carboxylic acids is 1. The number of rotatable bonds is 5. The van der Waals surface area contributed by atoms with E-state index < -0.39 is 17.9 Å². The van der Waals surface area contributed by atoms with Crippen molar-refractivity contribution in [2.75, 3.05) is 0 Å². The summed E-state index contributed by atoms with van der Waals surface area (Å²) in [7, 11) is 0. The summed E-state index contributed by atoms with van der Waals surface area (Å²) in [6, 6.07) is -1.07. The van der Waals surface area contributed by atoms with Gasteiger partial charge in [0.05, 0.1) is 12.5 Å². The number of aryl methyl sites for hydroxylation is 1. The second-order valence-electron chi connectivity index (χ2n) is 3.98. The molecule has 0 bridgehead atoms. The number of nitrogens with zero attached hydrogens (tertiary/aromatic N) is 2. The highest BCUT2D eigenvalue weighted by Crippen LogP contribution is 2.07. The lowest BCUT2D eigenvalue weighted by atomic mass is 10.1. The molecule has 0 unspecified atom stereocenters. The molecule has 100 valence electrons. The number of aromatic nitrogens is 3. The summed E-state index contributed by atoms with van der Waals surface area (Å²) >= 11 is 0. The second-order valence-corrected chi connectivity index (χ2v) is 3.98. The van der Waals surface area contributed by atoms with E-state index in [1.54, 1.807) is 6.92 Å². The van der Waals surface area contributed by atoms with Gasteiger partial charge in [-0.05, 0) is 6.92 Å². The van der Waals surface area contributed by atoms with E-state index in [9.17, 15) is 9.59 Å². The third-order valence-electron chi connectivity index (χ3n) is 2.54. The van der Waals surface area contributed by atoms with Crippen LogP contribution in [0.5, 0.6) is 0 Å². The van der Waals surface area contributed by atoms with E-state index in [2.05, 4.69) is 20.4 Å². The van der Waals surface area contributed by atoms with Crippen LogP contribution in [0.4, 0.5) is 0 Å². The molecule has 0 radical (unpaired) electrons. The van der Waals surface area contributed by atoms with Gasteiger partial charge in [0.2, 0.25) is 5.76 Å². The summed E-state index contributed by atoms with van der Waals surface area (Å²) in [5, 5.41) is 14.9. The van der Waals surface area contributed by atoms with Gasteiger partial charge in [-0.15, -0.1) is 0 Å². The smallest absolute Gasteiger partial charge is 0.326 e. The molecule has 19 heavy (non-hydrogen) atoms. The van der Waals surface area contributed by atoms with E-state index in [0.29, 0.717) is 11.3 Å². The van der Waals surface area contributed by atoms with Crippen molar-refractivity contribution in [2.45, 2.75) is 19.4 Å². The Bertz CT molecular complexity index is 575. The van der Waals surface area contributed by atoms with Gasteiger partial charge in [-0.2, -0.15) is 0 Å². The molecular weight excluding hydrogens is 252 g/mol. The largest absolute Gasteiger partial charge is 0.480 e. The minimum absolute atomic E-state index is 0.0101. The molecular formula is C11H12N4O4. The maximum atomic E-state index is 11.8. The molecule has 0 saturated carbocycles. The van der Waals surface area contributed by atoms with Crippen molar-refractivity contribution in [3.05, 3.63) is 35.7 Å². The van der Waals surface area contributed by atoms with Gasteiger partial charge < -0.3 is 19.9 Å². The fourth-order valence-electron chi connectivity index (χ4n) is 1.55. The standard InChI is InChI=1S/C11H12N4O4/c1-6-3-14-19-9(6)10(16)15-8(11(17)18)2-7-4-12-5-13-7/h3-5,8H,2H2,1H3,(H,12,13)(H,15,16)(H,17,18)/t8-/m0/s1. The Kier molecular flexibility index (Phi) is 3.60. The Morgan fingerprint density at radius 3 is 2.84 bits per heavy atom. The van der Waals surface area contributed by atoms with Gasteiger partial charge >= 0.3 is 5.97 Å². The summed E-state index contributed by atoms with van der Waals surface area (Å²) in [6.45, 7) is 1.65. The molecule has 0 spiro atoms. The molecule has 1 amide bonds. The van der Waals surface area contributed by atoms with Crippen molar-refractivity contribution in [2.24, 2.45) is 0 Å². The number of aromatic amines is 1. The fourth-order valence-corrected chi connectivity index (χ4v) is 1.55. The molecule has 8 nitrogen and oxygen atoms in total. The number of hydrogen-bond donors (Lipinski definition) is 3. The van der Waals surface area contributed by atoms with Crippen LogP contribution in [0, 0.1) is 6.92 Å². The second kappa shape index (κ2) is 5.34. The molecule has 2 rings (SSSR count). The molecule has 0 aromatic carbocycles. The zero-order valence-corrected chi connectivity index (χ0v) is 10.1. The first kappa shape index (κ1) is 12.8. The Balaban J connectivity index is 2.07. The van der Waals surface area contributed by atoms with Gasteiger partial charge in [0.25, 0.3) is 5.91 Å². The van der Waals surface area contributed by atoms with Crippen LogP contribution in [0.25, 0.3) is 0 Å². The Morgan fingerprint density at radius 1 is 1.53 bits per heavy atom. The van der Waals surface area contributed by atoms with Crippen LogP contribution in [0.2, 0.25) is 0 Å². The van der Waals surface area contributed by atoms with Crippen molar-refractivity contribution in [3.8, 4) is 0 Å². The van der Waals surface area contributed by atoms with E-state index in [1.807, 2.05) is 0 Å². The predicted molar refractivity (Wildman–Crippen MR) is 62.4 cm³/mol. The van der Waals surface area contributed by atoms with Crippen molar-refractivity contribution in [3.63, 3.8) is 0 Å². The van der Waals surface area contributed by atoms with E-state index in [0.717, 1.165) is 0 Å². The number of H-pyrrole nitrogens is 1. The first-order valence-electron chi connectivity index (χ1n) is 5.50. The van der Waals surface area contributed by atoms with E-state index in [-0.39, 0.29) is 12.2 Å². The lowest BCUT2D eigenvalue weighted by Gasteiger charge is -2.12. The van der Waals surface area contributed by atoms with Crippen LogP contribution in [-0.4, -0.2) is 38.1 Å². The highest BCUT2D eigenvalue weighted by molar-refractivity contribution is 5.95. The summed E-state index contributed by atoms with van der Waals surface area (Å²) in [4.78, 5) is 29.5. The predicted octanol–water partition coefficient (Wildman–Crippen LogP) is 0.132. The van der Waals surface area contributed by atoms with Crippen LogP contribution in [0.15, 0.2) is 23.2 Å². The van der Waals surface area contributed by atoms with Gasteiger partial charge in [-0.25, -0.2) is 9.78 Å². The maximum Gasteiger partial charge on any atom is 0.326 e. The fraction of sp³-hybridized carbons (Fsp3) is 0.273. The number of hydrogen-bond acceptors (Lipinski definition) is 5. The van der Waals surface area contributed by atoms with Crippen molar-refractivity contribution in [1.82, 2.24) is 20.4 Å². The number of carboxylic acids is 1. The average Bonchev–Trinajstić information content (AvgIpc) is 2.99. The SMILES string of the molecule is Cc1cnoc1C(=O)N[C@@H](Cc1cnc[nH]1)C(=O)O. The van der Waals surface area contributed by atoms with E-state index in [1.165, 1.54) is 18.7 Å². The van der Waals surface area contributed by atoms with Crippen LogP contribution in [-0.2, 0) is 11.2 Å². The van der Waals surface area contributed by atoms with Gasteiger partial charge in [-0.3, -0.25) is 4.79 Å². The van der Waals surface area contributed by atoms with Gasteiger partial charge in [0.1, 0.15) is 6.04 Å². The highest BCUT2D eigenvalue weighted by Gasteiger charge is 2.24. The summed E-state index contributed by atoms with van der Waals surface area (Å²) in [5.74, 6) is -1.74. The Hall–Kier alpha value is -2.64. The maximum absolute atomic E-state index is 11.8. The summed E-state index contributed by atoms with van der Waals surface area (Å²) in [5.41, 5.74) is 1.16. The molecule has 0 aliphatic heterocycles. The topological polar surface area (TPSA) is 121 Å². The van der Waals surface area contributed by atoms with Gasteiger partial charge in [-0.1, -0.05) is 5.16 Å². The first-order chi connectivity index (χ1) is 9.08. The zero-order valence-electron chi connectivity index (χ0n) is 10.1. The van der Waals surface area contributed by atoms with Crippen molar-refractivity contribution in [1.29, 1.82) is 0 Å². The zero-order chi connectivity index (χ0) is 13.8. The highest BCUT2D eigenvalue weighted by atomic mass is 16.5. The molecule has 8 heteroatoms. The molecule has 2 heterocycles. The number of carboxylic acid groups (broad SMARTS) is 1. The van der Waals surface area contributed by atoms with Crippen LogP contribution in [0.3, 0.4) is 0 Å². The molecule has 0 fully saturated rings. The van der Waals surface area contributed by atoms with E-state index in [4.69, 9.17) is 9.63 Å². The lowest BCUT2D eigenvalue weighted by molar-refractivity contribution is -0.139. The quantitative estimate of drug-likeness (QED) is 0.705. The molecule has 0 aliphatic rings. The summed E-state index contributed by atoms with van der Waals surface area (Å²) in [6.07, 6.45) is 4.44. The normalized spacial score (nSPS) is 12.1. The molecule has 0 saturated heterocycles. The number of aliphatic carboxylic acids is 1. The minimum atomic E-state index is -1.14. The van der Waals surface area contributed by atoms with Crippen LogP contribution >= 0.6 is 0 Å². The molecule has 0 aliphatic carbocycles. The van der Waals surface area contributed by atoms with Crippen LogP contribution in [0.1, 0.15) is 21.8 Å². The molecule has 1 atom stereocenters. The monoisotopic (exact) mass is 264 g/mol.